The lowest BCUT2D eigenvalue weighted by Gasteiger charge is -2.28. The van der Waals surface area contributed by atoms with E-state index in [0.29, 0.717) is 11.8 Å². The summed E-state index contributed by atoms with van der Waals surface area (Å²) in [6.45, 7) is 7.08. The Morgan fingerprint density at radius 1 is 1.23 bits per heavy atom. The van der Waals surface area contributed by atoms with Gasteiger partial charge in [0, 0.05) is 61.7 Å². The van der Waals surface area contributed by atoms with Gasteiger partial charge in [0.1, 0.15) is 5.82 Å². The van der Waals surface area contributed by atoms with E-state index in [1.54, 1.807) is 7.11 Å². The number of hydrogen-bond donors (Lipinski definition) is 0. The van der Waals surface area contributed by atoms with Crippen molar-refractivity contribution in [3.05, 3.63) is 47.2 Å². The van der Waals surface area contributed by atoms with Gasteiger partial charge in [-0.1, -0.05) is 19.9 Å². The first-order valence-corrected chi connectivity index (χ1v) is 7.71. The highest BCUT2D eigenvalue weighted by Crippen LogP contribution is 2.20. The molecule has 116 valence electrons. The monoisotopic (exact) mass is 298 g/mol. The van der Waals surface area contributed by atoms with Crippen molar-refractivity contribution in [1.82, 2.24) is 19.9 Å². The summed E-state index contributed by atoms with van der Waals surface area (Å²) >= 11 is 0. The molecule has 0 unspecified atom stereocenters. The zero-order chi connectivity index (χ0) is 15.5. The van der Waals surface area contributed by atoms with Gasteiger partial charge in [-0.15, -0.1) is 0 Å². The van der Waals surface area contributed by atoms with E-state index in [1.807, 2.05) is 18.5 Å². The zero-order valence-electron chi connectivity index (χ0n) is 13.4. The first-order chi connectivity index (χ1) is 10.7. The summed E-state index contributed by atoms with van der Waals surface area (Å²) in [5.41, 5.74) is 3.66. The summed E-state index contributed by atoms with van der Waals surface area (Å²) in [5.74, 6) is 1.99. The smallest absolute Gasteiger partial charge is 0.212 e. The number of rotatable bonds is 4. The second kappa shape index (κ2) is 6.40. The van der Waals surface area contributed by atoms with Crippen LogP contribution in [0.3, 0.4) is 0 Å². The lowest BCUT2D eigenvalue weighted by Crippen LogP contribution is -2.31. The van der Waals surface area contributed by atoms with Crippen molar-refractivity contribution in [3.63, 3.8) is 0 Å². The third-order valence-electron chi connectivity index (χ3n) is 3.96. The molecule has 0 aromatic carbocycles. The molecule has 0 aliphatic carbocycles. The standard InChI is InChI=1S/C17H22N4O/c1-12(2)17-19-9-14-11-21(7-6-15(14)20-17)10-13-4-5-16(22-3)18-8-13/h4-5,8-9,12H,6-7,10-11H2,1-3H3. The largest absolute Gasteiger partial charge is 0.481 e. The minimum absolute atomic E-state index is 0.383. The summed E-state index contributed by atoms with van der Waals surface area (Å²) in [5, 5.41) is 0. The van der Waals surface area contributed by atoms with Crippen molar-refractivity contribution in [2.24, 2.45) is 0 Å². The molecule has 0 amide bonds. The molecule has 0 saturated carbocycles. The van der Waals surface area contributed by atoms with Crippen LogP contribution in [0.5, 0.6) is 5.88 Å². The third kappa shape index (κ3) is 3.25. The van der Waals surface area contributed by atoms with Crippen LogP contribution in [0, 0.1) is 0 Å². The number of fused-ring (bicyclic) bond motifs is 1. The van der Waals surface area contributed by atoms with E-state index >= 15 is 0 Å². The topological polar surface area (TPSA) is 51.1 Å². The molecular formula is C17H22N4O. The Bertz CT molecular complexity index is 640. The summed E-state index contributed by atoms with van der Waals surface area (Å²) in [4.78, 5) is 15.9. The van der Waals surface area contributed by atoms with Crippen LogP contribution >= 0.6 is 0 Å². The summed E-state index contributed by atoms with van der Waals surface area (Å²) < 4.78 is 5.09. The molecule has 0 saturated heterocycles. The summed E-state index contributed by atoms with van der Waals surface area (Å²) in [6, 6.07) is 3.98. The molecule has 0 bridgehead atoms. The molecule has 0 radical (unpaired) electrons. The van der Waals surface area contributed by atoms with Gasteiger partial charge >= 0.3 is 0 Å². The number of aromatic nitrogens is 3. The molecule has 2 aromatic rings. The Balaban J connectivity index is 1.68. The van der Waals surface area contributed by atoms with Crippen molar-refractivity contribution in [3.8, 4) is 5.88 Å². The Kier molecular flexibility index (Phi) is 4.34. The second-order valence-corrected chi connectivity index (χ2v) is 6.02. The van der Waals surface area contributed by atoms with Gasteiger partial charge in [0.15, 0.2) is 0 Å². The fraction of sp³-hybridized carbons (Fsp3) is 0.471. The predicted molar refractivity (Wildman–Crippen MR) is 84.7 cm³/mol. The minimum atomic E-state index is 0.383. The predicted octanol–water partition coefficient (Wildman–Crippen LogP) is 2.56. The maximum Gasteiger partial charge on any atom is 0.212 e. The van der Waals surface area contributed by atoms with E-state index in [-0.39, 0.29) is 0 Å². The number of ether oxygens (including phenoxy) is 1. The van der Waals surface area contributed by atoms with Crippen molar-refractivity contribution >= 4 is 0 Å². The van der Waals surface area contributed by atoms with Crippen LogP contribution in [0.25, 0.3) is 0 Å². The molecule has 5 nitrogen and oxygen atoms in total. The Morgan fingerprint density at radius 2 is 2.09 bits per heavy atom. The molecule has 0 fully saturated rings. The Labute approximate surface area is 131 Å². The van der Waals surface area contributed by atoms with Crippen LogP contribution in [0.2, 0.25) is 0 Å². The van der Waals surface area contributed by atoms with Crippen molar-refractivity contribution < 1.29 is 4.74 Å². The molecule has 2 aromatic heterocycles. The first kappa shape index (κ1) is 14.9. The summed E-state index contributed by atoms with van der Waals surface area (Å²) in [7, 11) is 1.63. The molecule has 1 aliphatic heterocycles. The number of hydrogen-bond acceptors (Lipinski definition) is 5. The Morgan fingerprint density at radius 3 is 2.77 bits per heavy atom. The average molecular weight is 298 g/mol. The normalized spacial score (nSPS) is 14.9. The van der Waals surface area contributed by atoms with Gasteiger partial charge in [0.25, 0.3) is 0 Å². The fourth-order valence-electron chi connectivity index (χ4n) is 2.69. The van der Waals surface area contributed by atoms with Crippen LogP contribution in [0.15, 0.2) is 24.5 Å². The van der Waals surface area contributed by atoms with Crippen LogP contribution in [0.1, 0.15) is 42.4 Å². The van der Waals surface area contributed by atoms with E-state index in [4.69, 9.17) is 9.72 Å². The SMILES string of the molecule is COc1ccc(CN2CCc3nc(C(C)C)ncc3C2)cn1. The van der Waals surface area contributed by atoms with Crippen LogP contribution < -0.4 is 4.74 Å². The van der Waals surface area contributed by atoms with E-state index in [0.717, 1.165) is 31.9 Å². The van der Waals surface area contributed by atoms with Gasteiger partial charge in [0.05, 0.1) is 7.11 Å². The highest BCUT2D eigenvalue weighted by Gasteiger charge is 2.19. The average Bonchev–Trinajstić information content (AvgIpc) is 2.55. The van der Waals surface area contributed by atoms with Gasteiger partial charge in [0.2, 0.25) is 5.88 Å². The third-order valence-corrected chi connectivity index (χ3v) is 3.96. The van der Waals surface area contributed by atoms with Gasteiger partial charge in [-0.25, -0.2) is 15.0 Å². The summed E-state index contributed by atoms with van der Waals surface area (Å²) in [6.07, 6.45) is 4.87. The molecule has 5 heteroatoms. The zero-order valence-corrected chi connectivity index (χ0v) is 13.4. The van der Waals surface area contributed by atoms with Crippen LogP contribution in [0.4, 0.5) is 0 Å². The number of pyridine rings is 1. The van der Waals surface area contributed by atoms with Crippen LogP contribution in [-0.4, -0.2) is 33.5 Å². The lowest BCUT2D eigenvalue weighted by atomic mass is 10.1. The van der Waals surface area contributed by atoms with Gasteiger partial charge < -0.3 is 4.74 Å². The quantitative estimate of drug-likeness (QED) is 0.868. The minimum Gasteiger partial charge on any atom is -0.481 e. The van der Waals surface area contributed by atoms with E-state index < -0.39 is 0 Å². The van der Waals surface area contributed by atoms with Crippen LogP contribution in [-0.2, 0) is 19.5 Å². The highest BCUT2D eigenvalue weighted by molar-refractivity contribution is 5.22. The van der Waals surface area contributed by atoms with Gasteiger partial charge in [-0.2, -0.15) is 0 Å². The van der Waals surface area contributed by atoms with Gasteiger partial charge in [-0.05, 0) is 5.56 Å². The molecule has 0 N–H and O–H groups in total. The van der Waals surface area contributed by atoms with E-state index in [9.17, 15) is 0 Å². The molecule has 0 atom stereocenters. The Hall–Kier alpha value is -2.01. The maximum absolute atomic E-state index is 5.09. The fourth-order valence-corrected chi connectivity index (χ4v) is 2.69. The molecule has 0 spiro atoms. The van der Waals surface area contributed by atoms with E-state index in [1.165, 1.54) is 16.8 Å². The molecule has 1 aliphatic rings. The first-order valence-electron chi connectivity index (χ1n) is 7.71. The molecule has 3 rings (SSSR count). The lowest BCUT2D eigenvalue weighted by molar-refractivity contribution is 0.242. The highest BCUT2D eigenvalue weighted by atomic mass is 16.5. The molecular weight excluding hydrogens is 276 g/mol. The number of methoxy groups -OCH3 is 1. The molecule has 3 heterocycles. The number of nitrogens with zero attached hydrogens (tertiary/aromatic N) is 4. The second-order valence-electron chi connectivity index (χ2n) is 6.02. The van der Waals surface area contributed by atoms with Crippen molar-refractivity contribution in [2.75, 3.05) is 13.7 Å². The van der Waals surface area contributed by atoms with Gasteiger partial charge in [-0.3, -0.25) is 4.90 Å². The van der Waals surface area contributed by atoms with E-state index in [2.05, 4.69) is 34.8 Å². The molecule has 22 heavy (non-hydrogen) atoms. The van der Waals surface area contributed by atoms with Crippen molar-refractivity contribution in [1.29, 1.82) is 0 Å². The van der Waals surface area contributed by atoms with Crippen molar-refractivity contribution in [2.45, 2.75) is 39.3 Å². The maximum atomic E-state index is 5.09.